The van der Waals surface area contributed by atoms with Gasteiger partial charge in [-0.25, -0.2) is 0 Å². The number of carbonyl (C=O) groups is 1. The number of benzene rings is 1. The highest BCUT2D eigenvalue weighted by atomic mass is 31.1. The lowest BCUT2D eigenvalue weighted by molar-refractivity contribution is -0.124. The molecule has 2 atom stereocenters. The van der Waals surface area contributed by atoms with Crippen molar-refractivity contribution in [2.75, 3.05) is 6.61 Å². The quantitative estimate of drug-likeness (QED) is 0.760. The maximum atomic E-state index is 11.5. The first-order valence-corrected chi connectivity index (χ1v) is 6.58. The summed E-state index contributed by atoms with van der Waals surface area (Å²) in [6.45, 7) is 1.51. The molecule has 0 bridgehead atoms. The Kier molecular flexibility index (Phi) is 5.98. The maximum absolute atomic E-state index is 11.5. The van der Waals surface area contributed by atoms with Crippen molar-refractivity contribution in [3.8, 4) is 0 Å². The van der Waals surface area contributed by atoms with Gasteiger partial charge in [-0.1, -0.05) is 37.3 Å². The molecule has 1 rings (SSSR count). The van der Waals surface area contributed by atoms with E-state index in [2.05, 4.69) is 4.52 Å². The molecule has 0 amide bonds. The maximum Gasteiger partial charge on any atom is 0.695 e. The van der Waals surface area contributed by atoms with E-state index in [1.807, 2.05) is 30.3 Å². The van der Waals surface area contributed by atoms with Crippen LogP contribution in [0.15, 0.2) is 30.3 Å². The zero-order valence-corrected chi connectivity index (χ0v) is 10.6. The highest BCUT2D eigenvalue weighted by Gasteiger charge is 2.19. The Bertz CT molecular complexity index is 377. The van der Waals surface area contributed by atoms with Gasteiger partial charge in [0, 0.05) is 10.5 Å². The first-order chi connectivity index (χ1) is 8.09. The minimum atomic E-state index is -2.68. The fourth-order valence-corrected chi connectivity index (χ4v) is 1.69. The zero-order chi connectivity index (χ0) is 12.7. The van der Waals surface area contributed by atoms with Gasteiger partial charge in [-0.2, -0.15) is 0 Å². The minimum absolute atomic E-state index is 0.140. The van der Waals surface area contributed by atoms with Gasteiger partial charge in [-0.3, -0.25) is 4.79 Å². The van der Waals surface area contributed by atoms with Gasteiger partial charge in [0.15, 0.2) is 12.4 Å². The van der Waals surface area contributed by atoms with E-state index >= 15 is 0 Å². The molecule has 0 aliphatic rings. The molecule has 0 aliphatic carbocycles. The normalized spacial score (nSPS) is 13.2. The lowest BCUT2D eigenvalue weighted by Crippen LogP contribution is -2.16. The standard InChI is InChI=1S/C12H15O4P/c1-10(12(13)9-16-17(14)15)7-8-11-5-3-2-4-6-11/h2-6,10H,7-9H2,1H3/p+1. The third kappa shape index (κ3) is 5.68. The predicted molar refractivity (Wildman–Crippen MR) is 64.7 cm³/mol. The van der Waals surface area contributed by atoms with Crippen molar-refractivity contribution >= 4 is 14.0 Å². The topological polar surface area (TPSA) is 63.6 Å². The molecule has 0 heterocycles. The van der Waals surface area contributed by atoms with E-state index in [-0.39, 0.29) is 18.3 Å². The van der Waals surface area contributed by atoms with Crippen LogP contribution < -0.4 is 0 Å². The number of rotatable bonds is 7. The van der Waals surface area contributed by atoms with Gasteiger partial charge in [0.25, 0.3) is 0 Å². The lowest BCUT2D eigenvalue weighted by Gasteiger charge is -2.07. The minimum Gasteiger partial charge on any atom is -0.297 e. The summed E-state index contributed by atoms with van der Waals surface area (Å²) in [4.78, 5) is 19.9. The van der Waals surface area contributed by atoms with Crippen molar-refractivity contribution in [1.29, 1.82) is 0 Å². The number of aryl methyl sites for hydroxylation is 1. The molecule has 0 saturated heterocycles. The van der Waals surface area contributed by atoms with Crippen LogP contribution in [-0.2, 0) is 20.3 Å². The van der Waals surface area contributed by atoms with Crippen LogP contribution in [0.2, 0.25) is 0 Å². The summed E-state index contributed by atoms with van der Waals surface area (Å²) < 4.78 is 14.7. The van der Waals surface area contributed by atoms with Gasteiger partial charge in [0.1, 0.15) is 0 Å². The second-order valence-electron chi connectivity index (χ2n) is 3.90. The Morgan fingerprint density at radius 2 is 2.06 bits per heavy atom. The SMILES string of the molecule is CC(CCc1ccccc1)C(=O)CO[P+](=O)O. The monoisotopic (exact) mass is 255 g/mol. The molecule has 0 saturated carbocycles. The Morgan fingerprint density at radius 1 is 1.41 bits per heavy atom. The molecular formula is C12H16O4P+. The van der Waals surface area contributed by atoms with Gasteiger partial charge in [-0.15, -0.1) is 9.42 Å². The van der Waals surface area contributed by atoms with E-state index in [1.54, 1.807) is 6.92 Å². The highest BCUT2D eigenvalue weighted by Crippen LogP contribution is 2.16. The number of hydrogen-bond acceptors (Lipinski definition) is 3. The van der Waals surface area contributed by atoms with Gasteiger partial charge < -0.3 is 0 Å². The Morgan fingerprint density at radius 3 is 2.65 bits per heavy atom. The van der Waals surface area contributed by atoms with Crippen molar-refractivity contribution in [1.82, 2.24) is 0 Å². The summed E-state index contributed by atoms with van der Waals surface area (Å²) in [7, 11) is -2.68. The number of Topliss-reactive ketones (excluding diaryl/α,β-unsaturated/α-hetero) is 1. The van der Waals surface area contributed by atoms with Crippen LogP contribution in [0.3, 0.4) is 0 Å². The average Bonchev–Trinajstić information content (AvgIpc) is 2.34. The summed E-state index contributed by atoms with van der Waals surface area (Å²) in [5, 5.41) is 0. The summed E-state index contributed by atoms with van der Waals surface area (Å²) >= 11 is 0. The Labute approximate surface area is 102 Å². The number of carbonyl (C=O) groups excluding carboxylic acids is 1. The highest BCUT2D eigenvalue weighted by molar-refractivity contribution is 7.32. The molecule has 17 heavy (non-hydrogen) atoms. The van der Waals surface area contributed by atoms with Crippen molar-refractivity contribution in [2.24, 2.45) is 5.92 Å². The van der Waals surface area contributed by atoms with Gasteiger partial charge >= 0.3 is 8.25 Å². The molecule has 0 aliphatic heterocycles. The third-order valence-electron chi connectivity index (χ3n) is 2.58. The van der Waals surface area contributed by atoms with E-state index in [0.29, 0.717) is 6.42 Å². The first kappa shape index (κ1) is 14.0. The van der Waals surface area contributed by atoms with E-state index in [4.69, 9.17) is 4.89 Å². The molecule has 0 radical (unpaired) electrons. The number of ketones is 1. The largest absolute Gasteiger partial charge is 0.695 e. The summed E-state index contributed by atoms with van der Waals surface area (Å²) in [6, 6.07) is 9.89. The van der Waals surface area contributed by atoms with E-state index in [9.17, 15) is 9.36 Å². The molecule has 0 fully saturated rings. The van der Waals surface area contributed by atoms with Crippen molar-refractivity contribution in [3.63, 3.8) is 0 Å². The average molecular weight is 255 g/mol. The van der Waals surface area contributed by atoms with Crippen LogP contribution in [0.1, 0.15) is 18.9 Å². The Balaban J connectivity index is 2.31. The van der Waals surface area contributed by atoms with Crippen LogP contribution in [0.4, 0.5) is 0 Å². The third-order valence-corrected chi connectivity index (χ3v) is 2.93. The summed E-state index contributed by atoms with van der Waals surface area (Å²) in [5.74, 6) is -0.302. The van der Waals surface area contributed by atoms with Gasteiger partial charge in [0.2, 0.25) is 0 Å². The van der Waals surface area contributed by atoms with E-state index in [1.165, 1.54) is 5.56 Å². The van der Waals surface area contributed by atoms with Crippen molar-refractivity contribution in [3.05, 3.63) is 35.9 Å². The lowest BCUT2D eigenvalue weighted by atomic mass is 9.98. The van der Waals surface area contributed by atoms with Crippen LogP contribution in [0.25, 0.3) is 0 Å². The van der Waals surface area contributed by atoms with Crippen LogP contribution in [-0.4, -0.2) is 17.3 Å². The van der Waals surface area contributed by atoms with Crippen molar-refractivity contribution < 1.29 is 18.8 Å². The molecule has 2 unspecified atom stereocenters. The van der Waals surface area contributed by atoms with E-state index < -0.39 is 8.25 Å². The van der Waals surface area contributed by atoms with E-state index in [0.717, 1.165) is 6.42 Å². The molecule has 1 N–H and O–H groups in total. The summed E-state index contributed by atoms with van der Waals surface area (Å²) in [6.07, 6.45) is 1.54. The van der Waals surface area contributed by atoms with Crippen LogP contribution in [0.5, 0.6) is 0 Å². The second kappa shape index (κ2) is 7.28. The molecule has 0 spiro atoms. The predicted octanol–water partition coefficient (Wildman–Crippen LogP) is 2.49. The van der Waals surface area contributed by atoms with Crippen molar-refractivity contribution in [2.45, 2.75) is 19.8 Å². The molecule has 4 nitrogen and oxygen atoms in total. The number of hydrogen-bond donors (Lipinski definition) is 1. The fraction of sp³-hybridized carbons (Fsp3) is 0.417. The molecule has 5 heteroatoms. The van der Waals surface area contributed by atoms with Crippen LogP contribution >= 0.6 is 8.25 Å². The zero-order valence-electron chi connectivity index (χ0n) is 9.70. The molecule has 0 aromatic heterocycles. The molecule has 1 aromatic carbocycles. The molecule has 92 valence electrons. The van der Waals surface area contributed by atoms with Gasteiger partial charge in [0.05, 0.1) is 0 Å². The smallest absolute Gasteiger partial charge is 0.297 e. The molecule has 1 aromatic rings. The fourth-order valence-electron chi connectivity index (χ4n) is 1.45. The second-order valence-corrected chi connectivity index (χ2v) is 4.64. The summed E-state index contributed by atoms with van der Waals surface area (Å²) in [5.41, 5.74) is 1.18. The van der Waals surface area contributed by atoms with Gasteiger partial charge in [-0.05, 0) is 18.4 Å². The molecular weight excluding hydrogens is 239 g/mol. The first-order valence-electron chi connectivity index (χ1n) is 5.45. The Hall–Kier alpha value is -1.09. The van der Waals surface area contributed by atoms with Crippen LogP contribution in [0, 0.1) is 5.92 Å².